The predicted molar refractivity (Wildman–Crippen MR) is 107 cm³/mol. The molecular formula is C22H21ClN2O. The molecule has 2 heterocycles. The van der Waals surface area contributed by atoms with E-state index < -0.39 is 0 Å². The molecule has 4 heteroatoms. The van der Waals surface area contributed by atoms with Gasteiger partial charge in [0.05, 0.1) is 16.2 Å². The minimum Gasteiger partial charge on any atom is -0.369 e. The molecule has 3 nitrogen and oxygen atoms in total. The molecule has 0 atom stereocenters. The van der Waals surface area contributed by atoms with Crippen LogP contribution < -0.4 is 4.90 Å². The lowest BCUT2D eigenvalue weighted by atomic mass is 9.89. The van der Waals surface area contributed by atoms with E-state index in [2.05, 4.69) is 40.2 Å². The highest BCUT2D eigenvalue weighted by molar-refractivity contribution is 6.36. The largest absolute Gasteiger partial charge is 0.369 e. The van der Waals surface area contributed by atoms with Crippen molar-refractivity contribution in [2.75, 3.05) is 18.0 Å². The van der Waals surface area contributed by atoms with Gasteiger partial charge in [-0.25, -0.2) is 0 Å². The molecule has 26 heavy (non-hydrogen) atoms. The number of aldehydes is 1. The van der Waals surface area contributed by atoms with Crippen molar-refractivity contribution in [1.29, 1.82) is 0 Å². The molecule has 0 saturated carbocycles. The number of nitrogens with zero attached hydrogens (tertiary/aromatic N) is 2. The fraction of sp³-hybridized carbons (Fsp3) is 0.273. The molecule has 0 amide bonds. The van der Waals surface area contributed by atoms with Crippen LogP contribution in [-0.2, 0) is 11.2 Å². The summed E-state index contributed by atoms with van der Waals surface area (Å²) in [6.07, 6.45) is 5.30. The van der Waals surface area contributed by atoms with Crippen LogP contribution in [-0.4, -0.2) is 24.4 Å². The van der Waals surface area contributed by atoms with E-state index in [1.54, 1.807) is 6.20 Å². The maximum absolute atomic E-state index is 11.2. The highest BCUT2D eigenvalue weighted by Crippen LogP contribution is 2.38. The summed E-state index contributed by atoms with van der Waals surface area (Å²) in [6, 6.07) is 16.6. The molecule has 4 rings (SSSR count). The van der Waals surface area contributed by atoms with E-state index in [1.165, 1.54) is 5.56 Å². The average Bonchev–Trinajstić information content (AvgIpc) is 2.70. The third-order valence-corrected chi connectivity index (χ3v) is 5.59. The molecule has 1 aromatic heterocycles. The van der Waals surface area contributed by atoms with Crippen molar-refractivity contribution in [3.63, 3.8) is 0 Å². The monoisotopic (exact) mass is 364 g/mol. The van der Waals surface area contributed by atoms with Crippen LogP contribution in [0, 0.1) is 0 Å². The number of anilines is 1. The molecule has 0 radical (unpaired) electrons. The zero-order valence-electron chi connectivity index (χ0n) is 14.6. The number of rotatable bonds is 4. The van der Waals surface area contributed by atoms with Gasteiger partial charge in [0.1, 0.15) is 6.29 Å². The highest BCUT2D eigenvalue weighted by Gasteiger charge is 2.24. The van der Waals surface area contributed by atoms with Crippen molar-refractivity contribution in [3.05, 3.63) is 70.9 Å². The summed E-state index contributed by atoms with van der Waals surface area (Å²) >= 11 is 6.44. The normalized spacial score (nSPS) is 15.3. The van der Waals surface area contributed by atoms with Gasteiger partial charge in [-0.3, -0.25) is 4.98 Å². The Morgan fingerprint density at radius 3 is 2.62 bits per heavy atom. The summed E-state index contributed by atoms with van der Waals surface area (Å²) in [5, 5.41) is 1.61. The third-order valence-electron chi connectivity index (χ3n) is 5.28. The second kappa shape index (κ2) is 7.46. The number of fused-ring (bicyclic) bond motifs is 1. The predicted octanol–water partition coefficient (Wildman–Crippen LogP) is 5.01. The molecule has 1 saturated heterocycles. The number of hydrogen-bond acceptors (Lipinski definition) is 3. The van der Waals surface area contributed by atoms with Gasteiger partial charge in [-0.2, -0.15) is 0 Å². The molecular weight excluding hydrogens is 344 g/mol. The Morgan fingerprint density at radius 1 is 1.12 bits per heavy atom. The number of pyridine rings is 1. The van der Waals surface area contributed by atoms with Crippen molar-refractivity contribution >= 4 is 34.5 Å². The van der Waals surface area contributed by atoms with Gasteiger partial charge >= 0.3 is 0 Å². The van der Waals surface area contributed by atoms with Gasteiger partial charge in [0.2, 0.25) is 0 Å². The molecule has 0 aliphatic carbocycles. The van der Waals surface area contributed by atoms with Gasteiger partial charge < -0.3 is 9.69 Å². The lowest BCUT2D eigenvalue weighted by molar-refractivity contribution is -0.107. The quantitative estimate of drug-likeness (QED) is 0.610. The second-order valence-corrected chi connectivity index (χ2v) is 7.22. The SMILES string of the molecule is O=CCc1cc(Cl)c2cccnc2c1N1CCC(c2ccccc2)CC1. The summed E-state index contributed by atoms with van der Waals surface area (Å²) in [6.45, 7) is 1.91. The number of aromatic nitrogens is 1. The van der Waals surface area contributed by atoms with Gasteiger partial charge in [-0.05, 0) is 48.1 Å². The van der Waals surface area contributed by atoms with Crippen LogP contribution in [0.5, 0.6) is 0 Å². The van der Waals surface area contributed by atoms with E-state index in [4.69, 9.17) is 11.6 Å². The lowest BCUT2D eigenvalue weighted by Gasteiger charge is -2.35. The number of carbonyl (C=O) groups excluding carboxylic acids is 1. The Labute approximate surface area is 158 Å². The summed E-state index contributed by atoms with van der Waals surface area (Å²) in [5.74, 6) is 0.591. The summed E-state index contributed by atoms with van der Waals surface area (Å²) in [7, 11) is 0. The van der Waals surface area contributed by atoms with E-state index in [0.717, 1.165) is 54.4 Å². The van der Waals surface area contributed by atoms with Gasteiger partial charge in [-0.15, -0.1) is 0 Å². The Balaban J connectivity index is 1.67. The van der Waals surface area contributed by atoms with E-state index in [-0.39, 0.29) is 0 Å². The number of hydrogen-bond donors (Lipinski definition) is 0. The van der Waals surface area contributed by atoms with Crippen LogP contribution >= 0.6 is 11.6 Å². The molecule has 0 N–H and O–H groups in total. The topological polar surface area (TPSA) is 33.2 Å². The lowest BCUT2D eigenvalue weighted by Crippen LogP contribution is -2.34. The summed E-state index contributed by atoms with van der Waals surface area (Å²) in [4.78, 5) is 18.2. The van der Waals surface area contributed by atoms with Crippen LogP contribution in [0.2, 0.25) is 5.02 Å². The maximum atomic E-state index is 11.2. The van der Waals surface area contributed by atoms with E-state index in [1.807, 2.05) is 18.2 Å². The first-order valence-corrected chi connectivity index (χ1v) is 9.45. The summed E-state index contributed by atoms with van der Waals surface area (Å²) in [5.41, 5.74) is 4.35. The first-order chi connectivity index (χ1) is 12.8. The van der Waals surface area contributed by atoms with Crippen molar-refractivity contribution in [2.24, 2.45) is 0 Å². The molecule has 3 aromatic rings. The van der Waals surface area contributed by atoms with Crippen molar-refractivity contribution < 1.29 is 4.79 Å². The number of halogens is 1. The fourth-order valence-electron chi connectivity index (χ4n) is 4.00. The number of piperidine rings is 1. The van der Waals surface area contributed by atoms with E-state index >= 15 is 0 Å². The summed E-state index contributed by atoms with van der Waals surface area (Å²) < 4.78 is 0. The van der Waals surface area contributed by atoms with Crippen molar-refractivity contribution in [1.82, 2.24) is 4.98 Å². The minimum absolute atomic E-state index is 0.361. The van der Waals surface area contributed by atoms with Gasteiger partial charge in [-0.1, -0.05) is 41.9 Å². The van der Waals surface area contributed by atoms with Crippen LogP contribution in [0.4, 0.5) is 5.69 Å². The van der Waals surface area contributed by atoms with Crippen LogP contribution in [0.25, 0.3) is 10.9 Å². The Hall–Kier alpha value is -2.39. The first-order valence-electron chi connectivity index (χ1n) is 9.07. The van der Waals surface area contributed by atoms with Crippen molar-refractivity contribution in [3.8, 4) is 0 Å². The number of benzene rings is 2. The standard InChI is InChI=1S/C22H21ClN2O/c23-20-15-18(10-14-26)22(21-19(20)7-4-11-24-21)25-12-8-17(9-13-25)16-5-2-1-3-6-16/h1-7,11,14-15,17H,8-10,12-13H2. The first kappa shape index (κ1) is 17.0. The molecule has 0 bridgehead atoms. The molecule has 0 unspecified atom stereocenters. The maximum Gasteiger partial charge on any atom is 0.124 e. The number of carbonyl (C=O) groups is 1. The average molecular weight is 365 g/mol. The van der Waals surface area contributed by atoms with Gasteiger partial charge in [0, 0.05) is 31.1 Å². The Morgan fingerprint density at radius 2 is 1.88 bits per heavy atom. The Bertz CT molecular complexity index is 918. The minimum atomic E-state index is 0.361. The molecule has 1 aliphatic heterocycles. The molecule has 132 valence electrons. The van der Waals surface area contributed by atoms with Gasteiger partial charge in [0.25, 0.3) is 0 Å². The van der Waals surface area contributed by atoms with Gasteiger partial charge in [0.15, 0.2) is 0 Å². The smallest absolute Gasteiger partial charge is 0.124 e. The zero-order valence-corrected chi connectivity index (χ0v) is 15.3. The van der Waals surface area contributed by atoms with Crippen LogP contribution in [0.1, 0.15) is 29.9 Å². The molecule has 2 aromatic carbocycles. The zero-order chi connectivity index (χ0) is 17.9. The third kappa shape index (κ3) is 3.19. The highest BCUT2D eigenvalue weighted by atomic mass is 35.5. The molecule has 1 aliphatic rings. The Kier molecular flexibility index (Phi) is 4.89. The van der Waals surface area contributed by atoms with Crippen molar-refractivity contribution in [2.45, 2.75) is 25.2 Å². The van der Waals surface area contributed by atoms with E-state index in [0.29, 0.717) is 17.4 Å². The molecule has 0 spiro atoms. The van der Waals surface area contributed by atoms with Crippen LogP contribution in [0.15, 0.2) is 54.7 Å². The second-order valence-electron chi connectivity index (χ2n) is 6.81. The molecule has 1 fully saturated rings. The fourth-order valence-corrected chi connectivity index (χ4v) is 4.28. The van der Waals surface area contributed by atoms with Crippen LogP contribution in [0.3, 0.4) is 0 Å². The van der Waals surface area contributed by atoms with E-state index in [9.17, 15) is 4.79 Å².